The first kappa shape index (κ1) is 13.3. The van der Waals surface area contributed by atoms with Gasteiger partial charge in [-0.1, -0.05) is 12.1 Å². The molecule has 0 aliphatic rings. The number of alkyl halides is 2. The predicted molar refractivity (Wildman–Crippen MR) is 57.6 cm³/mol. The lowest BCUT2D eigenvalue weighted by molar-refractivity contribution is -0.128. The number of benzene rings is 1. The molecule has 17 heavy (non-hydrogen) atoms. The van der Waals surface area contributed by atoms with Gasteiger partial charge in [0.25, 0.3) is 6.43 Å². The minimum atomic E-state index is -3.11. The zero-order chi connectivity index (χ0) is 12.8. The van der Waals surface area contributed by atoms with Crippen LogP contribution in [0.5, 0.6) is 5.75 Å². The van der Waals surface area contributed by atoms with Gasteiger partial charge in [0.2, 0.25) is 5.78 Å². The molecule has 0 aromatic heterocycles. The zero-order valence-electron chi connectivity index (χ0n) is 9.28. The smallest absolute Gasteiger partial charge is 0.296 e. The first-order valence-corrected chi connectivity index (χ1v) is 5.12. The van der Waals surface area contributed by atoms with Crippen molar-refractivity contribution < 1.29 is 23.1 Å². The van der Waals surface area contributed by atoms with Crippen LogP contribution in [0.4, 0.5) is 8.78 Å². The fraction of sp³-hybridized carbons (Fsp3) is 0.333. The highest BCUT2D eigenvalue weighted by molar-refractivity contribution is 6.10. The van der Waals surface area contributed by atoms with Gasteiger partial charge < -0.3 is 4.74 Å². The molecule has 5 heteroatoms. The maximum atomic E-state index is 12.0. The molecule has 0 aliphatic carbocycles. The van der Waals surface area contributed by atoms with E-state index >= 15 is 0 Å². The van der Waals surface area contributed by atoms with Gasteiger partial charge in [0.05, 0.1) is 18.6 Å². The predicted octanol–water partition coefficient (Wildman–Crippen LogP) is 2.49. The number of hydrogen-bond acceptors (Lipinski definition) is 3. The summed E-state index contributed by atoms with van der Waals surface area (Å²) >= 11 is 0. The molecule has 0 N–H and O–H groups in total. The molecule has 3 nitrogen and oxygen atoms in total. The van der Waals surface area contributed by atoms with Crippen molar-refractivity contribution in [1.29, 1.82) is 0 Å². The molecule has 0 radical (unpaired) electrons. The summed E-state index contributed by atoms with van der Waals surface area (Å²) < 4.78 is 29.2. The summed E-state index contributed by atoms with van der Waals surface area (Å²) in [5, 5.41) is 0. The highest BCUT2D eigenvalue weighted by Crippen LogP contribution is 2.20. The largest absolute Gasteiger partial charge is 0.493 e. The average molecular weight is 242 g/mol. The van der Waals surface area contributed by atoms with Crippen LogP contribution in [0.25, 0.3) is 0 Å². The van der Waals surface area contributed by atoms with Gasteiger partial charge in [0, 0.05) is 0 Å². The van der Waals surface area contributed by atoms with E-state index in [9.17, 15) is 18.4 Å². The Labute approximate surface area is 97.4 Å². The number of carbonyl (C=O) groups is 2. The third kappa shape index (κ3) is 3.62. The molecule has 0 spiro atoms. The summed E-state index contributed by atoms with van der Waals surface area (Å²) in [6.45, 7) is 2.10. The van der Waals surface area contributed by atoms with Gasteiger partial charge in [-0.15, -0.1) is 0 Å². The Morgan fingerprint density at radius 3 is 2.53 bits per heavy atom. The van der Waals surface area contributed by atoms with Crippen LogP contribution >= 0.6 is 0 Å². The van der Waals surface area contributed by atoms with Crippen molar-refractivity contribution in [3.63, 3.8) is 0 Å². The van der Waals surface area contributed by atoms with Gasteiger partial charge in [0.15, 0.2) is 5.78 Å². The number of carbonyl (C=O) groups excluding carboxylic acids is 2. The minimum absolute atomic E-state index is 0.156. The first-order valence-electron chi connectivity index (χ1n) is 5.12. The average Bonchev–Trinajstić information content (AvgIpc) is 2.29. The van der Waals surface area contributed by atoms with Crippen molar-refractivity contribution in [3.05, 3.63) is 29.8 Å². The number of Topliss-reactive ketones (excluding diaryl/α,β-unsaturated/α-hetero) is 2. The standard InChI is InChI=1S/C12H12F2O3/c1-2-17-11-6-4-3-5-8(11)9(15)7-10(16)12(13)14/h3-6,12H,2,7H2,1H3. The molecule has 1 aromatic carbocycles. The molecule has 1 aromatic rings. The van der Waals surface area contributed by atoms with Gasteiger partial charge in [-0.2, -0.15) is 0 Å². The number of rotatable bonds is 6. The second-order valence-corrected chi connectivity index (χ2v) is 3.30. The SMILES string of the molecule is CCOc1ccccc1C(=O)CC(=O)C(F)F. The van der Waals surface area contributed by atoms with Crippen LogP contribution in [0, 0.1) is 0 Å². The second kappa shape index (κ2) is 6.08. The van der Waals surface area contributed by atoms with Crippen LogP contribution < -0.4 is 4.74 Å². The van der Waals surface area contributed by atoms with E-state index in [1.165, 1.54) is 6.07 Å². The van der Waals surface area contributed by atoms with Gasteiger partial charge >= 0.3 is 0 Å². The van der Waals surface area contributed by atoms with E-state index in [2.05, 4.69) is 0 Å². The molecular formula is C12H12F2O3. The van der Waals surface area contributed by atoms with Crippen LogP contribution in [-0.2, 0) is 4.79 Å². The molecule has 0 unspecified atom stereocenters. The highest BCUT2D eigenvalue weighted by atomic mass is 19.3. The fourth-order valence-corrected chi connectivity index (χ4v) is 1.31. The lowest BCUT2D eigenvalue weighted by Gasteiger charge is -2.08. The third-order valence-corrected chi connectivity index (χ3v) is 2.07. The first-order chi connectivity index (χ1) is 8.06. The molecule has 92 valence electrons. The van der Waals surface area contributed by atoms with Crippen molar-refractivity contribution in [3.8, 4) is 5.75 Å². The zero-order valence-corrected chi connectivity index (χ0v) is 9.28. The Kier molecular flexibility index (Phi) is 4.75. The Morgan fingerprint density at radius 2 is 1.94 bits per heavy atom. The number of ether oxygens (including phenoxy) is 1. The van der Waals surface area contributed by atoms with Crippen molar-refractivity contribution in [2.75, 3.05) is 6.61 Å². The number of halogens is 2. The van der Waals surface area contributed by atoms with E-state index in [0.717, 1.165) is 0 Å². The van der Waals surface area contributed by atoms with Gasteiger partial charge in [0.1, 0.15) is 5.75 Å². The maximum Gasteiger partial charge on any atom is 0.296 e. The summed E-state index contributed by atoms with van der Waals surface area (Å²) in [4.78, 5) is 22.4. The molecule has 0 heterocycles. The number of ketones is 2. The lowest BCUT2D eigenvalue weighted by Crippen LogP contribution is -2.16. The van der Waals surface area contributed by atoms with Crippen LogP contribution in [-0.4, -0.2) is 24.6 Å². The maximum absolute atomic E-state index is 12.0. The van der Waals surface area contributed by atoms with Gasteiger partial charge in [-0.05, 0) is 19.1 Å². The van der Waals surface area contributed by atoms with Crippen LogP contribution in [0.3, 0.4) is 0 Å². The third-order valence-electron chi connectivity index (χ3n) is 2.07. The van der Waals surface area contributed by atoms with Crippen molar-refractivity contribution in [1.82, 2.24) is 0 Å². The number of para-hydroxylation sites is 1. The van der Waals surface area contributed by atoms with E-state index < -0.39 is 24.4 Å². The van der Waals surface area contributed by atoms with E-state index in [1.54, 1.807) is 25.1 Å². The van der Waals surface area contributed by atoms with Crippen LogP contribution in [0.1, 0.15) is 23.7 Å². The molecule has 0 saturated heterocycles. The molecular weight excluding hydrogens is 230 g/mol. The topological polar surface area (TPSA) is 43.4 Å². The Hall–Kier alpha value is -1.78. The minimum Gasteiger partial charge on any atom is -0.493 e. The van der Waals surface area contributed by atoms with E-state index in [0.29, 0.717) is 12.4 Å². The van der Waals surface area contributed by atoms with Crippen LogP contribution in [0.2, 0.25) is 0 Å². The van der Waals surface area contributed by atoms with Gasteiger partial charge in [-0.25, -0.2) is 8.78 Å². The van der Waals surface area contributed by atoms with Gasteiger partial charge in [-0.3, -0.25) is 9.59 Å². The monoisotopic (exact) mass is 242 g/mol. The summed E-state index contributed by atoms with van der Waals surface area (Å²) in [6.07, 6.45) is -3.92. The quantitative estimate of drug-likeness (QED) is 0.568. The number of hydrogen-bond donors (Lipinski definition) is 0. The van der Waals surface area contributed by atoms with Crippen molar-refractivity contribution in [2.24, 2.45) is 0 Å². The Balaban J connectivity index is 2.85. The molecule has 0 saturated carbocycles. The normalized spacial score (nSPS) is 10.4. The van der Waals surface area contributed by atoms with E-state index in [1.807, 2.05) is 0 Å². The summed E-state index contributed by atoms with van der Waals surface area (Å²) in [5.41, 5.74) is 0.156. The van der Waals surface area contributed by atoms with Crippen molar-refractivity contribution in [2.45, 2.75) is 19.8 Å². The van der Waals surface area contributed by atoms with E-state index in [-0.39, 0.29) is 5.56 Å². The fourth-order valence-electron chi connectivity index (χ4n) is 1.31. The molecule has 0 fully saturated rings. The Bertz CT molecular complexity index is 416. The molecule has 1 rings (SSSR count). The van der Waals surface area contributed by atoms with Crippen LogP contribution in [0.15, 0.2) is 24.3 Å². The Morgan fingerprint density at radius 1 is 1.29 bits per heavy atom. The molecule has 0 aliphatic heterocycles. The van der Waals surface area contributed by atoms with E-state index in [4.69, 9.17) is 4.74 Å². The van der Waals surface area contributed by atoms with Crippen molar-refractivity contribution >= 4 is 11.6 Å². The summed E-state index contributed by atoms with van der Waals surface area (Å²) in [5.74, 6) is -1.72. The second-order valence-electron chi connectivity index (χ2n) is 3.30. The highest BCUT2D eigenvalue weighted by Gasteiger charge is 2.21. The molecule has 0 atom stereocenters. The summed E-state index contributed by atoms with van der Waals surface area (Å²) in [6, 6.07) is 6.26. The molecule has 0 bridgehead atoms. The molecule has 0 amide bonds. The summed E-state index contributed by atoms with van der Waals surface area (Å²) in [7, 11) is 0. The lowest BCUT2D eigenvalue weighted by atomic mass is 10.1.